The highest BCUT2D eigenvalue weighted by molar-refractivity contribution is 5.54. The van der Waals surface area contributed by atoms with E-state index in [4.69, 9.17) is 4.52 Å². The molecule has 1 aromatic carbocycles. The molecule has 0 saturated carbocycles. The van der Waals surface area contributed by atoms with E-state index in [0.717, 1.165) is 25.2 Å². The molecule has 1 aliphatic heterocycles. The molecule has 0 spiro atoms. The molecule has 0 bridgehead atoms. The van der Waals surface area contributed by atoms with E-state index in [0.29, 0.717) is 11.8 Å². The molecule has 3 rings (SSSR count). The van der Waals surface area contributed by atoms with Gasteiger partial charge in [0.15, 0.2) is 17.5 Å². The molecule has 0 aliphatic carbocycles. The normalized spacial score (nSPS) is 17.0. The molecule has 1 aromatic heterocycles. The molecule has 106 valence electrons. The van der Waals surface area contributed by atoms with Crippen LogP contribution in [0.3, 0.4) is 0 Å². The van der Waals surface area contributed by atoms with Crippen LogP contribution in [0.25, 0.3) is 11.4 Å². The van der Waals surface area contributed by atoms with Crippen molar-refractivity contribution in [3.8, 4) is 11.4 Å². The maximum atomic E-state index is 13.2. The highest BCUT2D eigenvalue weighted by Gasteiger charge is 2.29. The maximum absolute atomic E-state index is 13.2. The van der Waals surface area contributed by atoms with Gasteiger partial charge in [-0.1, -0.05) is 12.1 Å². The lowest BCUT2D eigenvalue weighted by atomic mass is 9.89. The molecule has 1 aliphatic rings. The zero-order chi connectivity index (χ0) is 14.3. The minimum Gasteiger partial charge on any atom is -0.339 e. The van der Waals surface area contributed by atoms with Gasteiger partial charge < -0.3 is 9.84 Å². The molecule has 0 radical (unpaired) electrons. The minimum atomic E-state index is -1.51. The van der Waals surface area contributed by atoms with Crippen molar-refractivity contribution in [3.05, 3.63) is 35.5 Å². The van der Waals surface area contributed by atoms with Gasteiger partial charge in [-0.3, -0.25) is 0 Å². The Morgan fingerprint density at radius 3 is 2.45 bits per heavy atom. The molecule has 4 nitrogen and oxygen atoms in total. The molecule has 2 heterocycles. The van der Waals surface area contributed by atoms with Crippen LogP contribution < -0.4 is 5.32 Å². The van der Waals surface area contributed by atoms with E-state index in [-0.39, 0.29) is 17.3 Å². The van der Waals surface area contributed by atoms with E-state index in [1.807, 2.05) is 6.92 Å². The highest BCUT2D eigenvalue weighted by Crippen LogP contribution is 2.28. The molecular weight excluding hydrogens is 271 g/mol. The SMILES string of the molecule is CC(c1nc(-c2cc(F)c(F)c(F)c2)no1)C1CNC1. The van der Waals surface area contributed by atoms with Crippen LogP contribution in [-0.4, -0.2) is 23.2 Å². The first kappa shape index (κ1) is 13.1. The largest absolute Gasteiger partial charge is 0.339 e. The number of nitrogens with one attached hydrogen (secondary N) is 1. The van der Waals surface area contributed by atoms with E-state index in [1.54, 1.807) is 0 Å². The molecule has 2 aromatic rings. The fraction of sp³-hybridized carbons (Fsp3) is 0.385. The molecule has 1 N–H and O–H groups in total. The van der Waals surface area contributed by atoms with E-state index >= 15 is 0 Å². The fourth-order valence-electron chi connectivity index (χ4n) is 2.09. The average molecular weight is 283 g/mol. The van der Waals surface area contributed by atoms with E-state index in [1.165, 1.54) is 0 Å². The van der Waals surface area contributed by atoms with Crippen molar-refractivity contribution in [2.24, 2.45) is 5.92 Å². The number of halogens is 3. The highest BCUT2D eigenvalue weighted by atomic mass is 19.2. The molecule has 0 amide bonds. The van der Waals surface area contributed by atoms with Gasteiger partial charge in [0, 0.05) is 11.5 Å². The van der Waals surface area contributed by atoms with Crippen LogP contribution in [0.2, 0.25) is 0 Å². The Morgan fingerprint density at radius 1 is 1.25 bits per heavy atom. The number of benzene rings is 1. The van der Waals surface area contributed by atoms with E-state index in [2.05, 4.69) is 15.5 Å². The van der Waals surface area contributed by atoms with Crippen LogP contribution in [0.4, 0.5) is 13.2 Å². The summed E-state index contributed by atoms with van der Waals surface area (Å²) in [5.74, 6) is -3.12. The first-order chi connectivity index (χ1) is 9.56. The Bertz CT molecular complexity index is 617. The van der Waals surface area contributed by atoms with Crippen molar-refractivity contribution < 1.29 is 17.7 Å². The molecule has 1 saturated heterocycles. The Labute approximate surface area is 113 Å². The third-order valence-electron chi connectivity index (χ3n) is 3.59. The van der Waals surface area contributed by atoms with E-state index in [9.17, 15) is 13.2 Å². The molecular formula is C13H12F3N3O. The Morgan fingerprint density at radius 2 is 1.90 bits per heavy atom. The third kappa shape index (κ3) is 2.18. The predicted molar refractivity (Wildman–Crippen MR) is 64.4 cm³/mol. The van der Waals surface area contributed by atoms with Crippen molar-refractivity contribution in [1.82, 2.24) is 15.5 Å². The standard InChI is InChI=1S/C13H12F3N3O/c1-6(8-4-17-5-8)13-18-12(19-20-13)7-2-9(14)11(16)10(15)3-7/h2-3,6,8,17H,4-5H2,1H3. The summed E-state index contributed by atoms with van der Waals surface area (Å²) < 4.78 is 44.4. The van der Waals surface area contributed by atoms with Crippen molar-refractivity contribution in [3.63, 3.8) is 0 Å². The fourth-order valence-corrected chi connectivity index (χ4v) is 2.09. The van der Waals surface area contributed by atoms with Gasteiger partial charge in [0.2, 0.25) is 11.7 Å². The second-order valence-corrected chi connectivity index (χ2v) is 4.92. The quantitative estimate of drug-likeness (QED) is 0.879. The van der Waals surface area contributed by atoms with Crippen LogP contribution in [0.15, 0.2) is 16.7 Å². The Hall–Kier alpha value is -1.89. The number of aromatic nitrogens is 2. The maximum Gasteiger partial charge on any atom is 0.230 e. The Balaban J connectivity index is 1.89. The van der Waals surface area contributed by atoms with Crippen LogP contribution in [-0.2, 0) is 0 Å². The number of nitrogens with zero attached hydrogens (tertiary/aromatic N) is 2. The summed E-state index contributed by atoms with van der Waals surface area (Å²) in [4.78, 5) is 4.13. The van der Waals surface area contributed by atoms with Gasteiger partial charge in [-0.05, 0) is 31.1 Å². The summed E-state index contributed by atoms with van der Waals surface area (Å²) in [5, 5.41) is 6.84. The second kappa shape index (κ2) is 4.90. The summed E-state index contributed by atoms with van der Waals surface area (Å²) >= 11 is 0. The third-order valence-corrected chi connectivity index (χ3v) is 3.59. The second-order valence-electron chi connectivity index (χ2n) is 4.92. The lowest BCUT2D eigenvalue weighted by Crippen LogP contribution is -2.44. The van der Waals surface area contributed by atoms with Crippen molar-refractivity contribution in [1.29, 1.82) is 0 Å². The average Bonchev–Trinajstić information content (AvgIpc) is 2.82. The lowest BCUT2D eigenvalue weighted by molar-refractivity contribution is 0.252. The topological polar surface area (TPSA) is 51.0 Å². The smallest absolute Gasteiger partial charge is 0.230 e. The molecule has 1 atom stereocenters. The summed E-state index contributed by atoms with van der Waals surface area (Å²) in [5.41, 5.74) is 0.0512. The zero-order valence-corrected chi connectivity index (χ0v) is 10.7. The number of hydrogen-bond acceptors (Lipinski definition) is 4. The van der Waals surface area contributed by atoms with E-state index < -0.39 is 17.5 Å². The minimum absolute atomic E-state index is 0.0512. The van der Waals surface area contributed by atoms with Crippen LogP contribution in [0, 0.1) is 23.4 Å². The van der Waals surface area contributed by atoms with Crippen molar-refractivity contribution >= 4 is 0 Å². The Kier molecular flexibility index (Phi) is 3.21. The van der Waals surface area contributed by atoms with Crippen LogP contribution in [0.5, 0.6) is 0 Å². The first-order valence-electron chi connectivity index (χ1n) is 6.25. The van der Waals surface area contributed by atoms with Gasteiger partial charge in [-0.25, -0.2) is 13.2 Å². The van der Waals surface area contributed by atoms with Crippen molar-refractivity contribution in [2.45, 2.75) is 12.8 Å². The van der Waals surface area contributed by atoms with Gasteiger partial charge in [-0.2, -0.15) is 4.98 Å². The first-order valence-corrected chi connectivity index (χ1v) is 6.25. The predicted octanol–water partition coefficient (Wildman–Crippen LogP) is 2.48. The number of hydrogen-bond donors (Lipinski definition) is 1. The van der Waals surface area contributed by atoms with Crippen molar-refractivity contribution in [2.75, 3.05) is 13.1 Å². The van der Waals surface area contributed by atoms with Crippen LogP contribution in [0.1, 0.15) is 18.7 Å². The molecule has 7 heteroatoms. The molecule has 1 unspecified atom stereocenters. The summed E-state index contributed by atoms with van der Waals surface area (Å²) in [6.07, 6.45) is 0. The van der Waals surface area contributed by atoms with Gasteiger partial charge in [0.25, 0.3) is 0 Å². The van der Waals surface area contributed by atoms with Gasteiger partial charge in [0.05, 0.1) is 0 Å². The summed E-state index contributed by atoms with van der Waals surface area (Å²) in [6.45, 7) is 3.70. The molecule has 1 fully saturated rings. The summed E-state index contributed by atoms with van der Waals surface area (Å²) in [7, 11) is 0. The number of rotatable bonds is 3. The summed E-state index contributed by atoms with van der Waals surface area (Å²) in [6, 6.07) is 1.70. The molecule has 20 heavy (non-hydrogen) atoms. The van der Waals surface area contributed by atoms with Gasteiger partial charge >= 0.3 is 0 Å². The monoisotopic (exact) mass is 283 g/mol. The van der Waals surface area contributed by atoms with Crippen LogP contribution >= 0.6 is 0 Å². The zero-order valence-electron chi connectivity index (χ0n) is 10.7. The van der Waals surface area contributed by atoms with Gasteiger partial charge in [0.1, 0.15) is 0 Å². The van der Waals surface area contributed by atoms with Gasteiger partial charge in [-0.15, -0.1) is 0 Å². The lowest BCUT2D eigenvalue weighted by Gasteiger charge is -2.30.